The second-order valence-corrected chi connectivity index (χ2v) is 5.86. The predicted molar refractivity (Wildman–Crippen MR) is 103 cm³/mol. The predicted octanol–water partition coefficient (Wildman–Crippen LogP) is 4.87. The molecule has 3 aromatic carbocycles. The van der Waals surface area contributed by atoms with Gasteiger partial charge in [-0.2, -0.15) is 5.10 Å². The highest BCUT2D eigenvalue weighted by molar-refractivity contribution is 5.94. The molecule has 0 bridgehead atoms. The summed E-state index contributed by atoms with van der Waals surface area (Å²) in [6.45, 7) is 2.04. The van der Waals surface area contributed by atoms with Crippen LogP contribution >= 0.6 is 0 Å². The van der Waals surface area contributed by atoms with Crippen molar-refractivity contribution in [1.29, 1.82) is 0 Å². The van der Waals surface area contributed by atoms with E-state index in [-0.39, 0.29) is 11.8 Å². The third-order valence-electron chi connectivity index (χ3n) is 4.04. The van der Waals surface area contributed by atoms with E-state index in [0.717, 1.165) is 16.7 Å². The van der Waals surface area contributed by atoms with Crippen LogP contribution in [0.1, 0.15) is 28.8 Å². The van der Waals surface area contributed by atoms with Crippen molar-refractivity contribution in [2.75, 3.05) is 0 Å². The van der Waals surface area contributed by atoms with Crippen LogP contribution in [-0.4, -0.2) is 12.1 Å². The standard InChI is InChI=1S/C22H20N2O/c1-17(18-8-4-2-5-9-18)16-23-24-22(25)21-14-12-20(13-15-21)19-10-6-3-7-11-19/h2-17H,1H3,(H,24,25). The fraction of sp³-hybridized carbons (Fsp3) is 0.0909. The third kappa shape index (κ3) is 4.42. The summed E-state index contributed by atoms with van der Waals surface area (Å²) in [6, 6.07) is 27.6. The molecule has 0 aliphatic heterocycles. The Labute approximate surface area is 148 Å². The van der Waals surface area contributed by atoms with E-state index in [1.165, 1.54) is 0 Å². The monoisotopic (exact) mass is 328 g/mol. The minimum atomic E-state index is -0.212. The molecule has 0 aromatic heterocycles. The second-order valence-electron chi connectivity index (χ2n) is 5.86. The summed E-state index contributed by atoms with van der Waals surface area (Å²) in [7, 11) is 0. The van der Waals surface area contributed by atoms with E-state index in [4.69, 9.17) is 0 Å². The Morgan fingerprint density at radius 1 is 0.840 bits per heavy atom. The fourth-order valence-corrected chi connectivity index (χ4v) is 2.56. The van der Waals surface area contributed by atoms with Crippen LogP contribution < -0.4 is 5.43 Å². The quantitative estimate of drug-likeness (QED) is 0.527. The van der Waals surface area contributed by atoms with E-state index < -0.39 is 0 Å². The van der Waals surface area contributed by atoms with Crippen molar-refractivity contribution in [2.45, 2.75) is 12.8 Å². The maximum Gasteiger partial charge on any atom is 0.271 e. The van der Waals surface area contributed by atoms with Crippen LogP contribution in [0.4, 0.5) is 0 Å². The highest BCUT2D eigenvalue weighted by Crippen LogP contribution is 2.19. The smallest absolute Gasteiger partial charge is 0.267 e. The molecule has 3 heteroatoms. The van der Waals surface area contributed by atoms with Crippen molar-refractivity contribution >= 4 is 12.1 Å². The van der Waals surface area contributed by atoms with E-state index in [1.54, 1.807) is 6.21 Å². The van der Waals surface area contributed by atoms with Crippen molar-refractivity contribution < 1.29 is 4.79 Å². The minimum absolute atomic E-state index is 0.141. The number of benzene rings is 3. The first-order valence-corrected chi connectivity index (χ1v) is 8.28. The zero-order chi connectivity index (χ0) is 17.5. The summed E-state index contributed by atoms with van der Waals surface area (Å²) >= 11 is 0. The lowest BCUT2D eigenvalue weighted by molar-refractivity contribution is 0.0955. The van der Waals surface area contributed by atoms with Gasteiger partial charge in [-0.15, -0.1) is 0 Å². The van der Waals surface area contributed by atoms with Crippen molar-refractivity contribution in [1.82, 2.24) is 5.43 Å². The van der Waals surface area contributed by atoms with Gasteiger partial charge in [-0.3, -0.25) is 4.79 Å². The molecule has 3 nitrogen and oxygen atoms in total. The lowest BCUT2D eigenvalue weighted by atomic mass is 10.0. The van der Waals surface area contributed by atoms with Crippen LogP contribution in [0.5, 0.6) is 0 Å². The van der Waals surface area contributed by atoms with Crippen LogP contribution in [0, 0.1) is 0 Å². The summed E-state index contributed by atoms with van der Waals surface area (Å²) in [5.41, 5.74) is 6.55. The van der Waals surface area contributed by atoms with Gasteiger partial charge in [0.15, 0.2) is 0 Å². The number of nitrogens with zero attached hydrogens (tertiary/aromatic N) is 1. The minimum Gasteiger partial charge on any atom is -0.267 e. The Morgan fingerprint density at radius 2 is 1.40 bits per heavy atom. The lowest BCUT2D eigenvalue weighted by Crippen LogP contribution is -2.18. The first kappa shape index (κ1) is 16.7. The maximum atomic E-state index is 12.2. The molecule has 3 aromatic rings. The number of carbonyl (C=O) groups is 1. The number of nitrogens with one attached hydrogen (secondary N) is 1. The number of hydrogen-bond acceptors (Lipinski definition) is 2. The fourth-order valence-electron chi connectivity index (χ4n) is 2.56. The number of hydrazone groups is 1. The molecule has 0 saturated heterocycles. The SMILES string of the molecule is CC(C=NNC(=O)c1ccc(-c2ccccc2)cc1)c1ccccc1. The molecule has 1 unspecified atom stereocenters. The summed E-state index contributed by atoms with van der Waals surface area (Å²) < 4.78 is 0. The maximum absolute atomic E-state index is 12.2. The zero-order valence-corrected chi connectivity index (χ0v) is 14.1. The average molecular weight is 328 g/mol. The van der Waals surface area contributed by atoms with Gasteiger partial charge in [0.25, 0.3) is 5.91 Å². The molecule has 0 aliphatic rings. The summed E-state index contributed by atoms with van der Waals surface area (Å²) in [5.74, 6) is -0.0712. The molecule has 0 aliphatic carbocycles. The Hall–Kier alpha value is -3.20. The molecule has 25 heavy (non-hydrogen) atoms. The van der Waals surface area contributed by atoms with Gasteiger partial charge < -0.3 is 0 Å². The summed E-state index contributed by atoms with van der Waals surface area (Å²) in [4.78, 5) is 12.2. The first-order valence-electron chi connectivity index (χ1n) is 8.28. The van der Waals surface area contributed by atoms with Crippen LogP contribution in [0.3, 0.4) is 0 Å². The highest BCUT2D eigenvalue weighted by Gasteiger charge is 2.05. The van der Waals surface area contributed by atoms with Gasteiger partial charge in [0, 0.05) is 17.7 Å². The number of amides is 1. The zero-order valence-electron chi connectivity index (χ0n) is 14.1. The molecular weight excluding hydrogens is 308 g/mol. The van der Waals surface area contributed by atoms with E-state index >= 15 is 0 Å². The van der Waals surface area contributed by atoms with Gasteiger partial charge in [-0.1, -0.05) is 79.7 Å². The van der Waals surface area contributed by atoms with Gasteiger partial charge in [-0.25, -0.2) is 5.43 Å². The van der Waals surface area contributed by atoms with Crippen LogP contribution in [0.15, 0.2) is 90.0 Å². The van der Waals surface area contributed by atoms with Gasteiger partial charge in [0.2, 0.25) is 0 Å². The third-order valence-corrected chi connectivity index (χ3v) is 4.04. The van der Waals surface area contributed by atoms with Gasteiger partial charge in [0.05, 0.1) is 0 Å². The molecule has 1 amide bonds. The topological polar surface area (TPSA) is 41.5 Å². The van der Waals surface area contributed by atoms with E-state index in [1.807, 2.05) is 91.9 Å². The summed E-state index contributed by atoms with van der Waals surface area (Å²) in [6.07, 6.45) is 1.74. The van der Waals surface area contributed by atoms with Crippen molar-refractivity contribution in [3.63, 3.8) is 0 Å². The second kappa shape index (κ2) is 8.06. The summed E-state index contributed by atoms with van der Waals surface area (Å²) in [5, 5.41) is 4.08. The Bertz CT molecular complexity index is 840. The molecule has 0 fully saturated rings. The molecular formula is C22H20N2O. The number of carbonyl (C=O) groups excluding carboxylic acids is 1. The van der Waals surface area contributed by atoms with Crippen molar-refractivity contribution in [3.8, 4) is 11.1 Å². The van der Waals surface area contributed by atoms with Crippen molar-refractivity contribution in [2.24, 2.45) is 5.10 Å². The molecule has 0 saturated carbocycles. The molecule has 0 heterocycles. The van der Waals surface area contributed by atoms with Crippen LogP contribution in [-0.2, 0) is 0 Å². The van der Waals surface area contributed by atoms with Crippen LogP contribution in [0.25, 0.3) is 11.1 Å². The Balaban J connectivity index is 1.61. The highest BCUT2D eigenvalue weighted by atomic mass is 16.2. The molecule has 1 N–H and O–H groups in total. The average Bonchev–Trinajstić information content (AvgIpc) is 2.69. The molecule has 0 radical (unpaired) electrons. The van der Waals surface area contributed by atoms with Gasteiger partial charge >= 0.3 is 0 Å². The molecule has 3 rings (SSSR count). The van der Waals surface area contributed by atoms with E-state index in [2.05, 4.69) is 10.5 Å². The van der Waals surface area contributed by atoms with Crippen molar-refractivity contribution in [3.05, 3.63) is 96.1 Å². The molecule has 124 valence electrons. The largest absolute Gasteiger partial charge is 0.271 e. The number of hydrogen-bond donors (Lipinski definition) is 1. The van der Waals surface area contributed by atoms with Gasteiger partial charge in [-0.05, 0) is 28.8 Å². The normalized spacial score (nSPS) is 12.0. The molecule has 1 atom stereocenters. The van der Waals surface area contributed by atoms with Crippen LogP contribution in [0.2, 0.25) is 0 Å². The number of rotatable bonds is 5. The lowest BCUT2D eigenvalue weighted by Gasteiger charge is -2.06. The Kier molecular flexibility index (Phi) is 5.37. The molecule has 0 spiro atoms. The van der Waals surface area contributed by atoms with E-state index in [9.17, 15) is 4.79 Å². The van der Waals surface area contributed by atoms with E-state index in [0.29, 0.717) is 5.56 Å². The first-order chi connectivity index (χ1) is 12.2. The Morgan fingerprint density at radius 3 is 2.04 bits per heavy atom. The van der Waals surface area contributed by atoms with Gasteiger partial charge in [0.1, 0.15) is 0 Å².